The molecule has 1 N–H and O–H groups in total. The van der Waals surface area contributed by atoms with Crippen molar-refractivity contribution >= 4 is 16.8 Å². The number of hydrogen-bond acceptors (Lipinski definition) is 3. The number of carbonyl (C=O) groups is 1. The number of nitrogens with one attached hydrogen (secondary N) is 1. The van der Waals surface area contributed by atoms with Crippen LogP contribution in [0.3, 0.4) is 0 Å². The molecule has 2 aromatic rings. The van der Waals surface area contributed by atoms with E-state index in [9.17, 15) is 4.79 Å². The summed E-state index contributed by atoms with van der Waals surface area (Å²) in [6.45, 7) is 6.42. The average Bonchev–Trinajstić information content (AvgIpc) is 2.45. The van der Waals surface area contributed by atoms with E-state index in [1.54, 1.807) is 0 Å². The van der Waals surface area contributed by atoms with Gasteiger partial charge in [-0.25, -0.2) is 0 Å². The van der Waals surface area contributed by atoms with Crippen LogP contribution in [-0.4, -0.2) is 41.5 Å². The number of fused-ring (bicyclic) bond motifs is 1. The first kappa shape index (κ1) is 13.1. The van der Waals surface area contributed by atoms with Crippen LogP contribution in [0.2, 0.25) is 0 Å². The summed E-state index contributed by atoms with van der Waals surface area (Å²) in [5, 5.41) is 4.30. The Morgan fingerprint density at radius 2 is 2.20 bits per heavy atom. The summed E-state index contributed by atoms with van der Waals surface area (Å²) in [5.74, 6) is 0.111. The second-order valence-corrected chi connectivity index (χ2v) is 5.43. The molecule has 1 aromatic heterocycles. The number of rotatable bonds is 1. The van der Waals surface area contributed by atoms with Gasteiger partial charge >= 0.3 is 0 Å². The molecule has 3 rings (SSSR count). The summed E-state index contributed by atoms with van der Waals surface area (Å²) < 4.78 is 0. The maximum absolute atomic E-state index is 12.8. The Kier molecular flexibility index (Phi) is 3.40. The Morgan fingerprint density at radius 3 is 3.00 bits per heavy atom. The molecule has 4 nitrogen and oxygen atoms in total. The quantitative estimate of drug-likeness (QED) is 0.861. The van der Waals surface area contributed by atoms with Crippen LogP contribution in [0.4, 0.5) is 0 Å². The maximum atomic E-state index is 12.8. The zero-order valence-electron chi connectivity index (χ0n) is 11.9. The number of para-hydroxylation sites is 1. The first-order valence-electron chi connectivity index (χ1n) is 7.04. The van der Waals surface area contributed by atoms with Crippen LogP contribution in [0.5, 0.6) is 0 Å². The highest BCUT2D eigenvalue weighted by molar-refractivity contribution is 6.06. The van der Waals surface area contributed by atoms with Gasteiger partial charge in [-0.1, -0.05) is 18.2 Å². The van der Waals surface area contributed by atoms with Crippen LogP contribution >= 0.6 is 0 Å². The van der Waals surface area contributed by atoms with Crippen LogP contribution in [0.1, 0.15) is 23.0 Å². The number of pyridine rings is 1. The highest BCUT2D eigenvalue weighted by atomic mass is 16.2. The molecule has 0 aliphatic carbocycles. The van der Waals surface area contributed by atoms with Crippen molar-refractivity contribution in [2.75, 3.05) is 19.6 Å². The van der Waals surface area contributed by atoms with Crippen molar-refractivity contribution in [1.29, 1.82) is 0 Å². The lowest BCUT2D eigenvalue weighted by Gasteiger charge is -2.32. The van der Waals surface area contributed by atoms with E-state index in [0.717, 1.165) is 41.8 Å². The minimum atomic E-state index is 0.111. The zero-order chi connectivity index (χ0) is 14.1. The van der Waals surface area contributed by atoms with Crippen molar-refractivity contribution in [2.24, 2.45) is 0 Å². The molecule has 0 unspecified atom stereocenters. The van der Waals surface area contributed by atoms with Gasteiger partial charge in [0.1, 0.15) is 0 Å². The van der Waals surface area contributed by atoms with Crippen molar-refractivity contribution in [1.82, 2.24) is 15.2 Å². The molecular weight excluding hydrogens is 250 g/mol. The normalized spacial score (nSPS) is 19.3. The van der Waals surface area contributed by atoms with Gasteiger partial charge in [-0.3, -0.25) is 9.78 Å². The SMILES string of the molecule is Cc1cc(C(=O)N2CCN[C@@H](C)C2)c2ccccc2n1. The Hall–Kier alpha value is -1.94. The molecule has 4 heteroatoms. The molecule has 104 valence electrons. The van der Waals surface area contributed by atoms with Crippen LogP contribution < -0.4 is 5.32 Å². The van der Waals surface area contributed by atoms with Gasteiger partial charge in [0.05, 0.1) is 11.1 Å². The van der Waals surface area contributed by atoms with Crippen LogP contribution in [0.25, 0.3) is 10.9 Å². The zero-order valence-corrected chi connectivity index (χ0v) is 11.9. The molecule has 1 saturated heterocycles. The Labute approximate surface area is 118 Å². The molecule has 1 aromatic carbocycles. The van der Waals surface area contributed by atoms with Crippen molar-refractivity contribution in [3.8, 4) is 0 Å². The smallest absolute Gasteiger partial charge is 0.254 e. The molecule has 0 spiro atoms. The van der Waals surface area contributed by atoms with Crippen LogP contribution in [0.15, 0.2) is 30.3 Å². The second kappa shape index (κ2) is 5.21. The predicted molar refractivity (Wildman–Crippen MR) is 79.8 cm³/mol. The lowest BCUT2D eigenvalue weighted by Crippen LogP contribution is -2.51. The van der Waals surface area contributed by atoms with E-state index >= 15 is 0 Å². The highest BCUT2D eigenvalue weighted by Crippen LogP contribution is 2.20. The fourth-order valence-electron chi connectivity index (χ4n) is 2.77. The molecule has 0 radical (unpaired) electrons. The molecule has 1 aliphatic heterocycles. The standard InChI is InChI=1S/C16H19N3O/c1-11-9-14(13-5-3-4-6-15(13)18-11)16(20)19-8-7-17-12(2)10-19/h3-6,9,12,17H,7-8,10H2,1-2H3/t12-/m0/s1. The van der Waals surface area contributed by atoms with Crippen molar-refractivity contribution in [3.63, 3.8) is 0 Å². The van der Waals surface area contributed by atoms with Crippen molar-refractivity contribution in [3.05, 3.63) is 41.6 Å². The fraction of sp³-hybridized carbons (Fsp3) is 0.375. The fourth-order valence-corrected chi connectivity index (χ4v) is 2.77. The number of nitrogens with zero attached hydrogens (tertiary/aromatic N) is 2. The monoisotopic (exact) mass is 269 g/mol. The third-order valence-electron chi connectivity index (χ3n) is 3.73. The Morgan fingerprint density at radius 1 is 1.40 bits per heavy atom. The first-order valence-corrected chi connectivity index (χ1v) is 7.04. The Balaban J connectivity index is 2.02. The molecule has 1 atom stereocenters. The van der Waals surface area contributed by atoms with Gasteiger partial charge in [0, 0.05) is 36.8 Å². The van der Waals surface area contributed by atoms with Gasteiger partial charge < -0.3 is 10.2 Å². The number of hydrogen-bond donors (Lipinski definition) is 1. The van der Waals surface area contributed by atoms with Gasteiger partial charge in [-0.2, -0.15) is 0 Å². The van der Waals surface area contributed by atoms with Gasteiger partial charge in [-0.05, 0) is 26.0 Å². The third-order valence-corrected chi connectivity index (χ3v) is 3.73. The van der Waals surface area contributed by atoms with E-state index in [2.05, 4.69) is 17.2 Å². The summed E-state index contributed by atoms with van der Waals surface area (Å²) in [4.78, 5) is 19.2. The molecule has 1 aliphatic rings. The molecule has 20 heavy (non-hydrogen) atoms. The number of aromatic nitrogens is 1. The maximum Gasteiger partial charge on any atom is 0.254 e. The van der Waals surface area contributed by atoms with E-state index in [0.29, 0.717) is 6.04 Å². The molecule has 2 heterocycles. The highest BCUT2D eigenvalue weighted by Gasteiger charge is 2.23. The average molecular weight is 269 g/mol. The van der Waals surface area contributed by atoms with E-state index in [1.165, 1.54) is 0 Å². The predicted octanol–water partition coefficient (Wildman–Crippen LogP) is 1.98. The second-order valence-electron chi connectivity index (χ2n) is 5.43. The van der Waals surface area contributed by atoms with Crippen LogP contribution in [-0.2, 0) is 0 Å². The number of aryl methyl sites for hydroxylation is 1. The summed E-state index contributed by atoms with van der Waals surface area (Å²) in [7, 11) is 0. The minimum absolute atomic E-state index is 0.111. The van der Waals surface area contributed by atoms with E-state index in [4.69, 9.17) is 0 Å². The molecule has 0 bridgehead atoms. The summed E-state index contributed by atoms with van der Waals surface area (Å²) in [6.07, 6.45) is 0. The number of piperazine rings is 1. The topological polar surface area (TPSA) is 45.2 Å². The van der Waals surface area contributed by atoms with E-state index in [1.807, 2.05) is 42.2 Å². The Bertz CT molecular complexity index is 653. The van der Waals surface area contributed by atoms with E-state index in [-0.39, 0.29) is 5.91 Å². The largest absolute Gasteiger partial charge is 0.336 e. The minimum Gasteiger partial charge on any atom is -0.336 e. The van der Waals surface area contributed by atoms with Gasteiger partial charge in [0.15, 0.2) is 0 Å². The van der Waals surface area contributed by atoms with Crippen LogP contribution in [0, 0.1) is 6.92 Å². The molecule has 1 amide bonds. The lowest BCUT2D eigenvalue weighted by atomic mass is 10.1. The lowest BCUT2D eigenvalue weighted by molar-refractivity contribution is 0.0711. The number of carbonyl (C=O) groups excluding carboxylic acids is 1. The molecular formula is C16H19N3O. The van der Waals surface area contributed by atoms with Gasteiger partial charge in [0.25, 0.3) is 5.91 Å². The third kappa shape index (κ3) is 2.39. The van der Waals surface area contributed by atoms with Crippen molar-refractivity contribution < 1.29 is 4.79 Å². The van der Waals surface area contributed by atoms with E-state index < -0.39 is 0 Å². The molecule has 1 fully saturated rings. The first-order chi connectivity index (χ1) is 9.65. The summed E-state index contributed by atoms with van der Waals surface area (Å²) >= 11 is 0. The summed E-state index contributed by atoms with van der Waals surface area (Å²) in [5.41, 5.74) is 2.54. The van der Waals surface area contributed by atoms with Gasteiger partial charge in [-0.15, -0.1) is 0 Å². The summed E-state index contributed by atoms with van der Waals surface area (Å²) in [6, 6.07) is 10.1. The van der Waals surface area contributed by atoms with Crippen molar-refractivity contribution in [2.45, 2.75) is 19.9 Å². The number of amides is 1. The molecule has 0 saturated carbocycles. The van der Waals surface area contributed by atoms with Gasteiger partial charge in [0.2, 0.25) is 0 Å². The number of benzene rings is 1.